The first kappa shape index (κ1) is 11.4. The third-order valence-corrected chi connectivity index (χ3v) is 2.96. The van der Waals surface area contributed by atoms with Gasteiger partial charge in [-0.3, -0.25) is 4.79 Å². The van der Waals surface area contributed by atoms with Gasteiger partial charge in [0.25, 0.3) is 0 Å². The molecule has 0 unspecified atom stereocenters. The number of H-pyrrole nitrogens is 1. The number of hydrogen-bond acceptors (Lipinski definition) is 3. The second kappa shape index (κ2) is 4.43. The number of benzene rings is 1. The quantitative estimate of drug-likeness (QED) is 0.575. The van der Waals surface area contributed by atoms with Gasteiger partial charge in [0.2, 0.25) is 0 Å². The SMILES string of the molecule is N=CC(=CN)c1ccc2c(Cl)c(C=O)[nH]c2c1. The molecule has 0 atom stereocenters. The fourth-order valence-corrected chi connectivity index (χ4v) is 1.93. The Morgan fingerprint density at radius 1 is 1.47 bits per heavy atom. The summed E-state index contributed by atoms with van der Waals surface area (Å²) in [6.45, 7) is 0. The van der Waals surface area contributed by atoms with E-state index in [1.165, 1.54) is 12.4 Å². The molecule has 1 heterocycles. The second-order valence-electron chi connectivity index (χ2n) is 3.50. The summed E-state index contributed by atoms with van der Waals surface area (Å²) < 4.78 is 0. The van der Waals surface area contributed by atoms with E-state index in [1.54, 1.807) is 18.2 Å². The molecule has 0 saturated carbocycles. The molecule has 1 aromatic carbocycles. The van der Waals surface area contributed by atoms with Crippen molar-refractivity contribution >= 4 is 40.6 Å². The Kier molecular flexibility index (Phi) is 2.97. The number of hydrogen-bond donors (Lipinski definition) is 3. The lowest BCUT2D eigenvalue weighted by molar-refractivity contribution is 0.112. The Hall–Kier alpha value is -2.07. The molecule has 2 rings (SSSR count). The molecule has 0 spiro atoms. The molecule has 86 valence electrons. The van der Waals surface area contributed by atoms with E-state index in [-0.39, 0.29) is 0 Å². The van der Waals surface area contributed by atoms with Gasteiger partial charge >= 0.3 is 0 Å². The largest absolute Gasteiger partial charge is 0.404 e. The Bertz CT molecular complexity index is 628. The first-order valence-corrected chi connectivity index (χ1v) is 5.28. The van der Waals surface area contributed by atoms with E-state index in [9.17, 15) is 4.79 Å². The summed E-state index contributed by atoms with van der Waals surface area (Å²) in [5.41, 5.74) is 7.91. The molecule has 17 heavy (non-hydrogen) atoms. The van der Waals surface area contributed by atoms with Crippen LogP contribution in [0.4, 0.5) is 0 Å². The fraction of sp³-hybridized carbons (Fsp3) is 0. The molecule has 0 bridgehead atoms. The van der Waals surface area contributed by atoms with Crippen molar-refractivity contribution in [2.45, 2.75) is 0 Å². The maximum absolute atomic E-state index is 10.7. The van der Waals surface area contributed by atoms with Crippen molar-refractivity contribution in [1.82, 2.24) is 4.98 Å². The van der Waals surface area contributed by atoms with Crippen molar-refractivity contribution in [3.63, 3.8) is 0 Å². The summed E-state index contributed by atoms with van der Waals surface area (Å²) in [7, 11) is 0. The zero-order chi connectivity index (χ0) is 12.4. The number of rotatable bonds is 3. The van der Waals surface area contributed by atoms with E-state index in [0.717, 1.165) is 16.5 Å². The van der Waals surface area contributed by atoms with Gasteiger partial charge in [0, 0.05) is 28.9 Å². The number of nitrogens with two attached hydrogens (primary N) is 1. The third-order valence-electron chi connectivity index (χ3n) is 2.55. The second-order valence-corrected chi connectivity index (χ2v) is 3.88. The average Bonchev–Trinajstić information content (AvgIpc) is 2.67. The first-order valence-electron chi connectivity index (χ1n) is 4.90. The molecule has 0 aliphatic carbocycles. The van der Waals surface area contributed by atoms with Gasteiger partial charge in [-0.15, -0.1) is 0 Å². The van der Waals surface area contributed by atoms with Gasteiger partial charge in [-0.1, -0.05) is 23.7 Å². The molecule has 0 saturated heterocycles. The molecule has 2 aromatic rings. The van der Waals surface area contributed by atoms with Crippen LogP contribution in [0.5, 0.6) is 0 Å². The van der Waals surface area contributed by atoms with Crippen LogP contribution in [-0.2, 0) is 0 Å². The van der Waals surface area contributed by atoms with Gasteiger partial charge in [0.05, 0.1) is 10.7 Å². The normalized spacial score (nSPS) is 11.7. The zero-order valence-electron chi connectivity index (χ0n) is 8.83. The van der Waals surface area contributed by atoms with Crippen LogP contribution in [0.3, 0.4) is 0 Å². The molecule has 0 aliphatic rings. The zero-order valence-corrected chi connectivity index (χ0v) is 9.58. The molecule has 0 amide bonds. The van der Waals surface area contributed by atoms with Crippen molar-refractivity contribution < 1.29 is 4.79 Å². The van der Waals surface area contributed by atoms with Crippen molar-refractivity contribution in [1.29, 1.82) is 5.41 Å². The van der Waals surface area contributed by atoms with E-state index in [1.807, 2.05) is 0 Å². The van der Waals surface area contributed by atoms with Crippen LogP contribution in [0.25, 0.3) is 16.5 Å². The Morgan fingerprint density at radius 3 is 2.82 bits per heavy atom. The van der Waals surface area contributed by atoms with Crippen LogP contribution in [-0.4, -0.2) is 17.5 Å². The van der Waals surface area contributed by atoms with Crippen LogP contribution < -0.4 is 5.73 Å². The monoisotopic (exact) mass is 247 g/mol. The molecular formula is C12H10ClN3O. The average molecular weight is 248 g/mol. The molecular weight excluding hydrogens is 238 g/mol. The number of allylic oxidation sites excluding steroid dienone is 1. The number of halogens is 1. The van der Waals surface area contributed by atoms with Gasteiger partial charge in [0.15, 0.2) is 6.29 Å². The molecule has 5 heteroatoms. The molecule has 0 fully saturated rings. The Labute approximate surface area is 103 Å². The number of nitrogens with one attached hydrogen (secondary N) is 2. The smallest absolute Gasteiger partial charge is 0.167 e. The highest BCUT2D eigenvalue weighted by atomic mass is 35.5. The Balaban J connectivity index is 2.66. The van der Waals surface area contributed by atoms with Crippen molar-refractivity contribution in [3.05, 3.63) is 40.7 Å². The van der Waals surface area contributed by atoms with Crippen LogP contribution in [0, 0.1) is 5.41 Å². The number of aromatic nitrogens is 1. The van der Waals surface area contributed by atoms with E-state index >= 15 is 0 Å². The Morgan fingerprint density at radius 2 is 2.24 bits per heavy atom. The lowest BCUT2D eigenvalue weighted by Crippen LogP contribution is -1.90. The van der Waals surface area contributed by atoms with Crippen molar-refractivity contribution in [2.75, 3.05) is 0 Å². The van der Waals surface area contributed by atoms with E-state index in [0.29, 0.717) is 22.6 Å². The molecule has 0 aliphatic heterocycles. The molecule has 0 radical (unpaired) electrons. The summed E-state index contributed by atoms with van der Waals surface area (Å²) in [6, 6.07) is 5.40. The van der Waals surface area contributed by atoms with Crippen LogP contribution >= 0.6 is 11.6 Å². The highest BCUT2D eigenvalue weighted by molar-refractivity contribution is 6.38. The predicted molar refractivity (Wildman–Crippen MR) is 69.6 cm³/mol. The van der Waals surface area contributed by atoms with E-state index in [4.69, 9.17) is 22.7 Å². The number of carbonyl (C=O) groups excluding carboxylic acids is 1. The minimum absolute atomic E-state index is 0.354. The molecule has 4 N–H and O–H groups in total. The van der Waals surface area contributed by atoms with Crippen molar-refractivity contribution in [3.8, 4) is 0 Å². The molecule has 1 aromatic heterocycles. The maximum atomic E-state index is 10.7. The van der Waals surface area contributed by atoms with Gasteiger partial charge in [-0.2, -0.15) is 0 Å². The first-order chi connectivity index (χ1) is 8.21. The van der Waals surface area contributed by atoms with Crippen LogP contribution in [0.1, 0.15) is 16.1 Å². The summed E-state index contributed by atoms with van der Waals surface area (Å²) in [4.78, 5) is 13.7. The lowest BCUT2D eigenvalue weighted by atomic mass is 10.1. The lowest BCUT2D eigenvalue weighted by Gasteiger charge is -2.00. The van der Waals surface area contributed by atoms with Gasteiger partial charge in [0.1, 0.15) is 0 Å². The predicted octanol–water partition coefficient (Wildman–Crippen LogP) is 2.58. The highest BCUT2D eigenvalue weighted by Crippen LogP contribution is 2.28. The maximum Gasteiger partial charge on any atom is 0.167 e. The van der Waals surface area contributed by atoms with Crippen LogP contribution in [0.15, 0.2) is 24.4 Å². The minimum Gasteiger partial charge on any atom is -0.404 e. The van der Waals surface area contributed by atoms with E-state index in [2.05, 4.69) is 4.98 Å². The number of carbonyl (C=O) groups is 1. The van der Waals surface area contributed by atoms with Gasteiger partial charge in [-0.25, -0.2) is 0 Å². The molecule has 4 nitrogen and oxygen atoms in total. The summed E-state index contributed by atoms with van der Waals surface area (Å²) in [5.74, 6) is 0. The summed E-state index contributed by atoms with van der Waals surface area (Å²) in [6.07, 6.45) is 3.21. The van der Waals surface area contributed by atoms with Crippen LogP contribution in [0.2, 0.25) is 5.02 Å². The number of aldehydes is 1. The van der Waals surface area contributed by atoms with Gasteiger partial charge in [-0.05, 0) is 11.6 Å². The topological polar surface area (TPSA) is 82.7 Å². The van der Waals surface area contributed by atoms with Crippen molar-refractivity contribution in [2.24, 2.45) is 5.73 Å². The number of fused-ring (bicyclic) bond motifs is 1. The fourth-order valence-electron chi connectivity index (χ4n) is 1.67. The standard InChI is InChI=1S/C12H10ClN3O/c13-12-9-2-1-7(8(4-14)5-15)3-10(9)16-11(12)6-17/h1-6,14,16H,15H2. The number of aromatic amines is 1. The summed E-state index contributed by atoms with van der Waals surface area (Å²) >= 11 is 6.01. The third kappa shape index (κ3) is 1.83. The van der Waals surface area contributed by atoms with Gasteiger partial charge < -0.3 is 16.1 Å². The summed E-state index contributed by atoms with van der Waals surface area (Å²) in [5, 5.41) is 8.41. The highest BCUT2D eigenvalue weighted by Gasteiger charge is 2.09. The minimum atomic E-state index is 0.354. The van der Waals surface area contributed by atoms with E-state index < -0.39 is 0 Å².